The molecule has 1 aromatic carbocycles. The minimum absolute atomic E-state index is 0.0150. The molecular formula is C17H20N6O. The fourth-order valence-corrected chi connectivity index (χ4v) is 3.16. The van der Waals surface area contributed by atoms with Crippen molar-refractivity contribution in [1.29, 1.82) is 0 Å². The van der Waals surface area contributed by atoms with Gasteiger partial charge in [0.15, 0.2) is 5.65 Å². The van der Waals surface area contributed by atoms with Gasteiger partial charge in [0.05, 0.1) is 23.7 Å². The smallest absolute Gasteiger partial charge is 0.227 e. The van der Waals surface area contributed by atoms with Crippen LogP contribution in [-0.4, -0.2) is 32.5 Å². The zero-order valence-corrected chi connectivity index (χ0v) is 13.5. The normalized spacial score (nSPS) is 18.8. The van der Waals surface area contributed by atoms with E-state index in [1.807, 2.05) is 25.2 Å². The van der Waals surface area contributed by atoms with Crippen molar-refractivity contribution in [2.75, 3.05) is 17.7 Å². The van der Waals surface area contributed by atoms with Gasteiger partial charge in [-0.1, -0.05) is 30.3 Å². The minimum Gasteiger partial charge on any atom is -0.383 e. The van der Waals surface area contributed by atoms with E-state index in [9.17, 15) is 0 Å². The van der Waals surface area contributed by atoms with Crippen LogP contribution in [0, 0.1) is 0 Å². The van der Waals surface area contributed by atoms with Gasteiger partial charge in [0.25, 0.3) is 0 Å². The van der Waals surface area contributed by atoms with E-state index in [1.165, 1.54) is 0 Å². The lowest BCUT2D eigenvalue weighted by atomic mass is 9.99. The number of rotatable bonds is 4. The molecule has 2 atom stereocenters. The van der Waals surface area contributed by atoms with Crippen molar-refractivity contribution in [3.63, 3.8) is 0 Å². The lowest BCUT2D eigenvalue weighted by molar-refractivity contribution is 0.0952. The van der Waals surface area contributed by atoms with Gasteiger partial charge in [-0.2, -0.15) is 15.1 Å². The van der Waals surface area contributed by atoms with E-state index in [0.717, 1.165) is 30.4 Å². The fraction of sp³-hybridized carbons (Fsp3) is 0.353. The largest absolute Gasteiger partial charge is 0.383 e. The molecule has 2 aromatic heterocycles. The first-order valence-corrected chi connectivity index (χ1v) is 8.10. The summed E-state index contributed by atoms with van der Waals surface area (Å²) in [6.45, 7) is 0.791. The number of nitrogen functional groups attached to an aromatic ring is 1. The van der Waals surface area contributed by atoms with Crippen molar-refractivity contribution in [2.24, 2.45) is 7.05 Å². The van der Waals surface area contributed by atoms with Crippen molar-refractivity contribution in [3.8, 4) is 0 Å². The molecule has 124 valence electrons. The standard InChI is InChI=1S/C17H20N6O/c1-23-16-12(10-19-23)15(18)21-17(22-16)20-14(13-8-5-9-24-13)11-6-3-2-4-7-11/h2-4,6-7,10,13-14H,5,8-9H2,1H3,(H3,18,20,21,22)/t13-,14+/m0/s1. The molecule has 1 fully saturated rings. The van der Waals surface area contributed by atoms with Crippen molar-refractivity contribution < 1.29 is 4.74 Å². The van der Waals surface area contributed by atoms with Crippen LogP contribution in [0.5, 0.6) is 0 Å². The van der Waals surface area contributed by atoms with Crippen molar-refractivity contribution in [1.82, 2.24) is 19.7 Å². The molecule has 3 aromatic rings. The number of nitrogens with one attached hydrogen (secondary N) is 1. The number of nitrogens with zero attached hydrogens (tertiary/aromatic N) is 4. The highest BCUT2D eigenvalue weighted by atomic mass is 16.5. The summed E-state index contributed by atoms with van der Waals surface area (Å²) in [5.74, 6) is 0.919. The molecule has 1 saturated heterocycles. The molecule has 7 nitrogen and oxygen atoms in total. The number of fused-ring (bicyclic) bond motifs is 1. The van der Waals surface area contributed by atoms with E-state index in [4.69, 9.17) is 10.5 Å². The quantitative estimate of drug-likeness (QED) is 0.765. The zero-order valence-electron chi connectivity index (χ0n) is 13.5. The monoisotopic (exact) mass is 324 g/mol. The van der Waals surface area contributed by atoms with Crippen LogP contribution in [0.25, 0.3) is 11.0 Å². The Bertz CT molecular complexity index is 841. The molecule has 0 bridgehead atoms. The molecule has 3 N–H and O–H groups in total. The van der Waals surface area contributed by atoms with Crippen LogP contribution in [0.15, 0.2) is 36.5 Å². The van der Waals surface area contributed by atoms with Gasteiger partial charge in [-0.15, -0.1) is 0 Å². The van der Waals surface area contributed by atoms with Gasteiger partial charge < -0.3 is 15.8 Å². The Morgan fingerprint density at radius 1 is 1.29 bits per heavy atom. The van der Waals surface area contributed by atoms with E-state index in [-0.39, 0.29) is 12.1 Å². The average molecular weight is 324 g/mol. The molecule has 0 spiro atoms. The molecule has 0 unspecified atom stereocenters. The maximum atomic E-state index is 6.06. The van der Waals surface area contributed by atoms with Crippen molar-refractivity contribution in [2.45, 2.75) is 25.0 Å². The number of hydrogen-bond donors (Lipinski definition) is 2. The van der Waals surface area contributed by atoms with Crippen LogP contribution in [0.1, 0.15) is 24.4 Å². The summed E-state index contributed by atoms with van der Waals surface area (Å²) in [4.78, 5) is 8.97. The van der Waals surface area contributed by atoms with Gasteiger partial charge in [-0.25, -0.2) is 0 Å². The van der Waals surface area contributed by atoms with Crippen LogP contribution in [0.2, 0.25) is 0 Å². The SMILES string of the molecule is Cn1ncc2c(N)nc(N[C@H](c3ccccc3)[C@@H]3CCCO3)nc21. The second-order valence-electron chi connectivity index (χ2n) is 6.02. The summed E-state index contributed by atoms with van der Waals surface area (Å²) in [5, 5.41) is 8.37. The summed E-state index contributed by atoms with van der Waals surface area (Å²) in [6, 6.07) is 10.2. The number of aromatic nitrogens is 4. The summed E-state index contributed by atoms with van der Waals surface area (Å²) in [6.07, 6.45) is 3.86. The number of ether oxygens (including phenoxy) is 1. The Morgan fingerprint density at radius 2 is 2.12 bits per heavy atom. The number of aryl methyl sites for hydroxylation is 1. The van der Waals surface area contributed by atoms with Gasteiger partial charge in [0.1, 0.15) is 5.82 Å². The lowest BCUT2D eigenvalue weighted by Gasteiger charge is -2.24. The Kier molecular flexibility index (Phi) is 3.78. The molecule has 4 rings (SSSR count). The third-order valence-electron chi connectivity index (χ3n) is 4.40. The Morgan fingerprint density at radius 3 is 2.88 bits per heavy atom. The third kappa shape index (κ3) is 2.67. The van der Waals surface area contributed by atoms with Gasteiger partial charge in [-0.05, 0) is 18.4 Å². The van der Waals surface area contributed by atoms with Gasteiger partial charge in [-0.3, -0.25) is 4.68 Å². The molecule has 1 aliphatic rings. The lowest BCUT2D eigenvalue weighted by Crippen LogP contribution is -2.26. The zero-order chi connectivity index (χ0) is 16.5. The molecule has 7 heteroatoms. The first-order chi connectivity index (χ1) is 11.7. The van der Waals surface area contributed by atoms with Crippen LogP contribution in [0.4, 0.5) is 11.8 Å². The predicted molar refractivity (Wildman–Crippen MR) is 92.5 cm³/mol. The van der Waals surface area contributed by atoms with Gasteiger partial charge >= 0.3 is 0 Å². The first kappa shape index (κ1) is 14.9. The number of benzene rings is 1. The van der Waals surface area contributed by atoms with E-state index in [0.29, 0.717) is 17.4 Å². The molecule has 0 radical (unpaired) electrons. The maximum absolute atomic E-state index is 6.06. The highest BCUT2D eigenvalue weighted by Crippen LogP contribution is 2.30. The average Bonchev–Trinajstić information content (AvgIpc) is 3.24. The predicted octanol–water partition coefficient (Wildman–Crippen LogP) is 2.28. The van der Waals surface area contributed by atoms with Crippen LogP contribution < -0.4 is 11.1 Å². The Hall–Kier alpha value is -2.67. The summed E-state index contributed by atoms with van der Waals surface area (Å²) in [7, 11) is 1.84. The fourth-order valence-electron chi connectivity index (χ4n) is 3.16. The second kappa shape index (κ2) is 6.09. The van der Waals surface area contributed by atoms with Crippen LogP contribution in [-0.2, 0) is 11.8 Å². The molecule has 0 saturated carbocycles. The van der Waals surface area contributed by atoms with Crippen molar-refractivity contribution >= 4 is 22.8 Å². The highest BCUT2D eigenvalue weighted by Gasteiger charge is 2.28. The minimum atomic E-state index is -0.0150. The highest BCUT2D eigenvalue weighted by molar-refractivity contribution is 5.86. The van der Waals surface area contributed by atoms with Gasteiger partial charge in [0.2, 0.25) is 5.95 Å². The van der Waals surface area contributed by atoms with Crippen LogP contribution >= 0.6 is 0 Å². The van der Waals surface area contributed by atoms with E-state index in [1.54, 1.807) is 10.9 Å². The Labute approximate surface area is 139 Å². The van der Waals surface area contributed by atoms with Crippen LogP contribution in [0.3, 0.4) is 0 Å². The maximum Gasteiger partial charge on any atom is 0.227 e. The van der Waals surface area contributed by atoms with E-state index in [2.05, 4.69) is 32.5 Å². The van der Waals surface area contributed by atoms with E-state index < -0.39 is 0 Å². The topological polar surface area (TPSA) is 90.9 Å². The molecule has 3 heterocycles. The molecule has 1 aliphatic heterocycles. The number of nitrogens with two attached hydrogens (primary N) is 1. The molecule has 0 aliphatic carbocycles. The molecule has 0 amide bonds. The summed E-state index contributed by atoms with van der Waals surface area (Å²) in [5.41, 5.74) is 7.92. The molecule has 24 heavy (non-hydrogen) atoms. The second-order valence-corrected chi connectivity index (χ2v) is 6.02. The summed E-state index contributed by atoms with van der Waals surface area (Å²) < 4.78 is 7.60. The Balaban J connectivity index is 1.70. The van der Waals surface area contributed by atoms with Gasteiger partial charge in [0, 0.05) is 13.7 Å². The molecular weight excluding hydrogens is 304 g/mol. The summed E-state index contributed by atoms with van der Waals surface area (Å²) >= 11 is 0. The number of hydrogen-bond acceptors (Lipinski definition) is 6. The van der Waals surface area contributed by atoms with Crippen molar-refractivity contribution in [3.05, 3.63) is 42.1 Å². The number of anilines is 2. The van der Waals surface area contributed by atoms with E-state index >= 15 is 0 Å². The third-order valence-corrected chi connectivity index (χ3v) is 4.40. The first-order valence-electron chi connectivity index (χ1n) is 8.10.